The Morgan fingerprint density at radius 3 is 2.74 bits per heavy atom. The van der Waals surface area contributed by atoms with E-state index in [9.17, 15) is 14.0 Å². The van der Waals surface area contributed by atoms with Crippen LogP contribution in [-0.2, 0) is 24.3 Å². The van der Waals surface area contributed by atoms with Gasteiger partial charge in [0.1, 0.15) is 18.0 Å². The Kier molecular flexibility index (Phi) is 6.53. The first-order valence-electron chi connectivity index (χ1n) is 13.1. The second-order valence-electron chi connectivity index (χ2n) is 9.99. The first kappa shape index (κ1) is 24.1. The number of pyridine rings is 1. The van der Waals surface area contributed by atoms with Gasteiger partial charge in [0, 0.05) is 42.1 Å². The normalized spacial score (nSPS) is 17.2. The highest BCUT2D eigenvalue weighted by atomic mass is 19.1. The Morgan fingerprint density at radius 1 is 1.13 bits per heavy atom. The zero-order valence-electron chi connectivity index (χ0n) is 21.0. The number of carbonyl (C=O) groups is 1. The molecule has 1 amide bonds. The van der Waals surface area contributed by atoms with Crippen LogP contribution in [0, 0.1) is 5.82 Å². The highest BCUT2D eigenvalue weighted by molar-refractivity contribution is 5.80. The van der Waals surface area contributed by atoms with Crippen LogP contribution in [0.1, 0.15) is 48.7 Å². The summed E-state index contributed by atoms with van der Waals surface area (Å²) in [6, 6.07) is 10.0. The molecule has 38 heavy (non-hydrogen) atoms. The topological polar surface area (TPSA) is 108 Å². The number of carbonyl (C=O) groups excluding carboxylic acids is 1. The minimum Gasteiger partial charge on any atom is -0.372 e. The van der Waals surface area contributed by atoms with E-state index in [1.165, 1.54) is 16.7 Å². The molecule has 0 radical (unpaired) electrons. The molecule has 1 unspecified atom stereocenters. The number of hydrogen-bond acceptors (Lipinski definition) is 6. The highest BCUT2D eigenvalue weighted by Gasteiger charge is 2.28. The summed E-state index contributed by atoms with van der Waals surface area (Å²) in [6.45, 7) is 1.79. The van der Waals surface area contributed by atoms with Gasteiger partial charge in [-0.1, -0.05) is 12.1 Å². The number of fused-ring (bicyclic) bond motifs is 2. The largest absolute Gasteiger partial charge is 0.372 e. The molecule has 3 N–H and O–H groups in total. The van der Waals surface area contributed by atoms with Crippen LogP contribution in [0.25, 0.3) is 10.9 Å². The highest BCUT2D eigenvalue weighted by Crippen LogP contribution is 2.31. The number of aromatic amines is 1. The zero-order valence-corrected chi connectivity index (χ0v) is 21.0. The van der Waals surface area contributed by atoms with Gasteiger partial charge in [0.15, 0.2) is 0 Å². The fourth-order valence-corrected chi connectivity index (χ4v) is 5.38. The number of rotatable bonds is 6. The number of hydrogen-bond donors (Lipinski definition) is 3. The Hall–Kier alpha value is -4.21. The maximum absolute atomic E-state index is 13.8. The lowest BCUT2D eigenvalue weighted by Gasteiger charge is -2.32. The van der Waals surface area contributed by atoms with Crippen LogP contribution in [0.15, 0.2) is 53.6 Å². The Balaban J connectivity index is 1.26. The molecule has 3 aromatic heterocycles. The van der Waals surface area contributed by atoms with E-state index in [0.29, 0.717) is 24.6 Å². The van der Waals surface area contributed by atoms with E-state index in [1.54, 1.807) is 24.5 Å². The molecule has 1 saturated heterocycles. The molecule has 2 aliphatic rings. The summed E-state index contributed by atoms with van der Waals surface area (Å²) < 4.78 is 14.9. The molecule has 9 nitrogen and oxygen atoms in total. The molecule has 196 valence electrons. The van der Waals surface area contributed by atoms with Crippen molar-refractivity contribution in [2.75, 3.05) is 23.3 Å². The predicted octanol–water partition coefficient (Wildman–Crippen LogP) is 3.66. The standard InChI is InChI=1S/C28H30FN7O2/c29-20-6-4-18(5-7-20)22-8-9-24-26(33-22)27(38)36(28(34-24)35-12-2-1-3-13-35)17-25(37)31-16-21-14-19-15-30-11-10-23(19)32-21/h4-7,10-11,14-15,22,32-33H,1-3,8-9,12-13,16-17H2,(H,31,37). The van der Waals surface area contributed by atoms with Crippen LogP contribution in [-0.4, -0.2) is 38.5 Å². The van der Waals surface area contributed by atoms with Crippen molar-refractivity contribution in [2.24, 2.45) is 0 Å². The lowest BCUT2D eigenvalue weighted by atomic mass is 9.96. The van der Waals surface area contributed by atoms with Gasteiger partial charge in [-0.3, -0.25) is 19.1 Å². The molecule has 10 heteroatoms. The molecule has 0 aliphatic carbocycles. The lowest BCUT2D eigenvalue weighted by Crippen LogP contribution is -2.41. The van der Waals surface area contributed by atoms with Gasteiger partial charge >= 0.3 is 0 Å². The lowest BCUT2D eigenvalue weighted by molar-refractivity contribution is -0.121. The first-order chi connectivity index (χ1) is 18.5. The van der Waals surface area contributed by atoms with Crippen LogP contribution in [0.3, 0.4) is 0 Å². The molecular formula is C28H30FN7O2. The summed E-state index contributed by atoms with van der Waals surface area (Å²) in [5.41, 5.74) is 3.61. The number of nitrogens with zero attached hydrogens (tertiary/aromatic N) is 4. The van der Waals surface area contributed by atoms with Crippen molar-refractivity contribution in [3.05, 3.63) is 81.9 Å². The minimum atomic E-state index is -0.296. The second-order valence-corrected chi connectivity index (χ2v) is 9.99. The molecule has 5 heterocycles. The summed E-state index contributed by atoms with van der Waals surface area (Å²) in [7, 11) is 0. The van der Waals surface area contributed by atoms with Crippen LogP contribution in [0.4, 0.5) is 16.0 Å². The van der Waals surface area contributed by atoms with Crippen molar-refractivity contribution in [3.8, 4) is 0 Å². The number of H-pyrrole nitrogens is 1. The van der Waals surface area contributed by atoms with E-state index in [1.807, 2.05) is 12.1 Å². The maximum Gasteiger partial charge on any atom is 0.279 e. The average Bonchev–Trinajstić information content (AvgIpc) is 3.37. The van der Waals surface area contributed by atoms with Crippen molar-refractivity contribution in [2.45, 2.75) is 51.2 Å². The summed E-state index contributed by atoms with van der Waals surface area (Å²) in [5, 5.41) is 7.24. The smallest absolute Gasteiger partial charge is 0.279 e. The first-order valence-corrected chi connectivity index (χ1v) is 13.1. The summed E-state index contributed by atoms with van der Waals surface area (Å²) in [5.74, 6) is -0.00705. The van der Waals surface area contributed by atoms with Crippen LogP contribution < -0.4 is 21.1 Å². The van der Waals surface area contributed by atoms with Gasteiger partial charge < -0.3 is 20.5 Å². The van der Waals surface area contributed by atoms with Gasteiger partial charge in [-0.15, -0.1) is 0 Å². The number of piperidine rings is 1. The fourth-order valence-electron chi connectivity index (χ4n) is 5.38. The molecule has 0 bridgehead atoms. The molecule has 0 spiro atoms. The number of aryl methyl sites for hydroxylation is 1. The molecule has 1 atom stereocenters. The average molecular weight is 516 g/mol. The van der Waals surface area contributed by atoms with Crippen molar-refractivity contribution >= 4 is 28.4 Å². The quantitative estimate of drug-likeness (QED) is 0.362. The third-order valence-corrected chi connectivity index (χ3v) is 7.38. The molecule has 0 saturated carbocycles. The molecule has 2 aliphatic heterocycles. The number of amides is 1. The monoisotopic (exact) mass is 515 g/mol. The van der Waals surface area contributed by atoms with E-state index in [0.717, 1.165) is 66.6 Å². The molecule has 1 fully saturated rings. The molecule has 6 rings (SSSR count). The Morgan fingerprint density at radius 2 is 1.95 bits per heavy atom. The summed E-state index contributed by atoms with van der Waals surface area (Å²) in [6.07, 6.45) is 8.06. The zero-order chi connectivity index (χ0) is 26.1. The van der Waals surface area contributed by atoms with Crippen LogP contribution in [0.2, 0.25) is 0 Å². The Labute approximate surface area is 219 Å². The van der Waals surface area contributed by atoms with Crippen LogP contribution >= 0.6 is 0 Å². The van der Waals surface area contributed by atoms with Gasteiger partial charge in [0.25, 0.3) is 5.56 Å². The van der Waals surface area contributed by atoms with Gasteiger partial charge in [-0.2, -0.15) is 0 Å². The van der Waals surface area contributed by atoms with Crippen molar-refractivity contribution in [1.82, 2.24) is 24.8 Å². The second kappa shape index (κ2) is 10.3. The minimum absolute atomic E-state index is 0.128. The summed E-state index contributed by atoms with van der Waals surface area (Å²) in [4.78, 5) is 41.3. The predicted molar refractivity (Wildman–Crippen MR) is 144 cm³/mol. The van der Waals surface area contributed by atoms with Crippen molar-refractivity contribution in [3.63, 3.8) is 0 Å². The number of aromatic nitrogens is 4. The van der Waals surface area contributed by atoms with Crippen LogP contribution in [0.5, 0.6) is 0 Å². The number of anilines is 2. The number of nitrogens with one attached hydrogen (secondary N) is 3. The van der Waals surface area contributed by atoms with Crippen molar-refractivity contribution < 1.29 is 9.18 Å². The summed E-state index contributed by atoms with van der Waals surface area (Å²) >= 11 is 0. The SMILES string of the molecule is O=C(Cn1c(N2CCCCC2)nc2c(c1=O)NC(c1ccc(F)cc1)CC2)NCc1cc2cnccc2[nH]1. The van der Waals surface area contributed by atoms with E-state index in [2.05, 4.69) is 25.5 Å². The Bertz CT molecular complexity index is 1490. The number of halogens is 1. The van der Waals surface area contributed by atoms with E-state index in [4.69, 9.17) is 4.98 Å². The van der Waals surface area contributed by atoms with Crippen molar-refractivity contribution in [1.29, 1.82) is 0 Å². The molecular weight excluding hydrogens is 485 g/mol. The van der Waals surface area contributed by atoms with Gasteiger partial charge in [0.2, 0.25) is 11.9 Å². The third-order valence-electron chi connectivity index (χ3n) is 7.38. The fraction of sp³-hybridized carbons (Fsp3) is 0.357. The van der Waals surface area contributed by atoms with E-state index in [-0.39, 0.29) is 29.9 Å². The van der Waals surface area contributed by atoms with Gasteiger partial charge in [0.05, 0.1) is 18.3 Å². The number of benzene rings is 1. The molecule has 1 aromatic carbocycles. The van der Waals surface area contributed by atoms with E-state index >= 15 is 0 Å². The third kappa shape index (κ3) is 4.85. The van der Waals surface area contributed by atoms with E-state index < -0.39 is 0 Å². The van der Waals surface area contributed by atoms with Gasteiger partial charge in [-0.05, 0) is 61.9 Å². The van der Waals surface area contributed by atoms with Gasteiger partial charge in [-0.25, -0.2) is 9.37 Å². The maximum atomic E-state index is 13.8. The molecule has 4 aromatic rings.